The fourth-order valence-corrected chi connectivity index (χ4v) is 2.27. The third kappa shape index (κ3) is 2.96. The fourth-order valence-electron chi connectivity index (χ4n) is 1.30. The van der Waals surface area contributed by atoms with E-state index in [4.69, 9.17) is 5.11 Å². The number of aliphatic carboxylic acids is 1. The maximum absolute atomic E-state index is 10.9. The minimum absolute atomic E-state index is 0.127. The molecule has 0 unspecified atom stereocenters. The van der Waals surface area contributed by atoms with Crippen molar-refractivity contribution in [2.45, 2.75) is 12.8 Å². The fraction of sp³-hybridized carbons (Fsp3) is 0.857. The predicted octanol–water partition coefficient (Wildman–Crippen LogP) is -0.257. The minimum Gasteiger partial charge on any atom is -0.481 e. The van der Waals surface area contributed by atoms with Gasteiger partial charge >= 0.3 is 5.97 Å². The molecular weight excluding hydrogens is 194 g/mol. The molecule has 1 rings (SSSR count). The molecule has 0 bridgehead atoms. The lowest BCUT2D eigenvalue weighted by Crippen LogP contribution is -2.49. The second-order valence-corrected chi connectivity index (χ2v) is 5.36. The van der Waals surface area contributed by atoms with Crippen LogP contribution in [0.2, 0.25) is 0 Å². The molecule has 0 saturated carbocycles. The van der Waals surface area contributed by atoms with E-state index in [0.717, 1.165) is 0 Å². The van der Waals surface area contributed by atoms with Crippen LogP contribution in [-0.2, 0) is 14.8 Å². The Bertz CT molecular complexity index is 292. The molecule has 0 amide bonds. The molecule has 1 fully saturated rings. The normalized spacial score (nSPS) is 19.8. The van der Waals surface area contributed by atoms with Crippen molar-refractivity contribution in [3.05, 3.63) is 0 Å². The van der Waals surface area contributed by atoms with Gasteiger partial charge < -0.3 is 5.11 Å². The minimum atomic E-state index is -3.05. The molecule has 6 heteroatoms. The standard InChI is InChI=1S/C7H13NO4S/c1-13(11,12)8-4-6(5-8)2-3-7(9)10/h6H,2-5H2,1H3,(H,9,10). The summed E-state index contributed by atoms with van der Waals surface area (Å²) in [6, 6.07) is 0. The molecule has 13 heavy (non-hydrogen) atoms. The van der Waals surface area contributed by atoms with Crippen LogP contribution in [0.15, 0.2) is 0 Å². The average Bonchev–Trinajstić information content (AvgIpc) is 1.79. The van der Waals surface area contributed by atoms with Crippen molar-refractivity contribution in [1.82, 2.24) is 4.31 Å². The molecule has 1 saturated heterocycles. The van der Waals surface area contributed by atoms with Crippen LogP contribution in [0.5, 0.6) is 0 Å². The summed E-state index contributed by atoms with van der Waals surface area (Å²) in [5.41, 5.74) is 0. The second kappa shape index (κ2) is 3.63. The first-order chi connectivity index (χ1) is 5.89. The molecule has 0 aromatic rings. The average molecular weight is 207 g/mol. The summed E-state index contributed by atoms with van der Waals surface area (Å²) in [4.78, 5) is 10.2. The molecule has 0 radical (unpaired) electrons. The van der Waals surface area contributed by atoms with Crippen molar-refractivity contribution >= 4 is 16.0 Å². The van der Waals surface area contributed by atoms with Crippen LogP contribution in [0.4, 0.5) is 0 Å². The monoisotopic (exact) mass is 207 g/mol. The van der Waals surface area contributed by atoms with Crippen LogP contribution < -0.4 is 0 Å². The van der Waals surface area contributed by atoms with Gasteiger partial charge in [-0.15, -0.1) is 0 Å². The summed E-state index contributed by atoms with van der Waals surface area (Å²) in [5, 5.41) is 8.38. The number of rotatable bonds is 4. The Morgan fingerprint density at radius 1 is 1.54 bits per heavy atom. The molecule has 5 nitrogen and oxygen atoms in total. The molecule has 1 aliphatic rings. The lowest BCUT2D eigenvalue weighted by Gasteiger charge is -2.36. The summed E-state index contributed by atoms with van der Waals surface area (Å²) < 4.78 is 23.2. The molecule has 1 N–H and O–H groups in total. The van der Waals surface area contributed by atoms with Crippen molar-refractivity contribution < 1.29 is 18.3 Å². The molecule has 1 aliphatic heterocycles. The van der Waals surface area contributed by atoms with E-state index in [-0.39, 0.29) is 12.3 Å². The third-order valence-electron chi connectivity index (χ3n) is 2.16. The topological polar surface area (TPSA) is 74.7 Å². The van der Waals surface area contributed by atoms with E-state index in [1.807, 2.05) is 0 Å². The highest BCUT2D eigenvalue weighted by Gasteiger charge is 2.32. The van der Waals surface area contributed by atoms with E-state index in [2.05, 4.69) is 0 Å². The quantitative estimate of drug-likeness (QED) is 0.689. The zero-order valence-electron chi connectivity index (χ0n) is 7.43. The second-order valence-electron chi connectivity index (χ2n) is 3.38. The maximum Gasteiger partial charge on any atom is 0.303 e. The number of carboxylic acids is 1. The number of nitrogens with zero attached hydrogens (tertiary/aromatic N) is 1. The molecular formula is C7H13NO4S. The Morgan fingerprint density at radius 2 is 2.08 bits per heavy atom. The first kappa shape index (κ1) is 10.5. The summed E-state index contributed by atoms with van der Waals surface area (Å²) in [6.07, 6.45) is 1.87. The Kier molecular flexibility index (Phi) is 2.92. The summed E-state index contributed by atoms with van der Waals surface area (Å²) in [5.74, 6) is -0.594. The van der Waals surface area contributed by atoms with E-state index in [1.165, 1.54) is 10.6 Å². The van der Waals surface area contributed by atoms with Crippen molar-refractivity contribution in [3.8, 4) is 0 Å². The van der Waals surface area contributed by atoms with Gasteiger partial charge in [0, 0.05) is 19.5 Å². The molecule has 0 aliphatic carbocycles. The summed E-state index contributed by atoms with van der Waals surface area (Å²) >= 11 is 0. The molecule has 0 spiro atoms. The van der Waals surface area contributed by atoms with Gasteiger partial charge in [-0.1, -0.05) is 0 Å². The Morgan fingerprint density at radius 3 is 2.46 bits per heavy atom. The number of carboxylic acid groups (broad SMARTS) is 1. The first-order valence-corrected chi connectivity index (χ1v) is 5.91. The molecule has 1 heterocycles. The van der Waals surface area contributed by atoms with E-state index in [9.17, 15) is 13.2 Å². The number of hydrogen-bond acceptors (Lipinski definition) is 3. The lowest BCUT2D eigenvalue weighted by atomic mass is 9.97. The molecule has 76 valence electrons. The summed E-state index contributed by atoms with van der Waals surface area (Å²) in [6.45, 7) is 0.957. The van der Waals surface area contributed by atoms with E-state index >= 15 is 0 Å². The van der Waals surface area contributed by atoms with E-state index in [1.54, 1.807) is 0 Å². The molecule has 0 aromatic carbocycles. The number of sulfonamides is 1. The van der Waals surface area contributed by atoms with E-state index < -0.39 is 16.0 Å². The maximum atomic E-state index is 10.9. The lowest BCUT2D eigenvalue weighted by molar-refractivity contribution is -0.137. The van der Waals surface area contributed by atoms with Crippen molar-refractivity contribution in [1.29, 1.82) is 0 Å². The van der Waals surface area contributed by atoms with Crippen LogP contribution in [0, 0.1) is 5.92 Å². The van der Waals surface area contributed by atoms with Gasteiger partial charge in [-0.25, -0.2) is 12.7 Å². The van der Waals surface area contributed by atoms with Crippen LogP contribution in [-0.4, -0.2) is 43.1 Å². The predicted molar refractivity (Wildman–Crippen MR) is 46.8 cm³/mol. The SMILES string of the molecule is CS(=O)(=O)N1CC(CCC(=O)O)C1. The Labute approximate surface area is 77.4 Å². The van der Waals surface area contributed by atoms with Crippen molar-refractivity contribution in [2.24, 2.45) is 5.92 Å². The Balaban J connectivity index is 2.23. The van der Waals surface area contributed by atoms with Crippen LogP contribution in [0.3, 0.4) is 0 Å². The highest BCUT2D eigenvalue weighted by molar-refractivity contribution is 7.88. The van der Waals surface area contributed by atoms with Gasteiger partial charge in [-0.3, -0.25) is 4.79 Å². The summed E-state index contributed by atoms with van der Waals surface area (Å²) in [7, 11) is -3.05. The number of carbonyl (C=O) groups is 1. The van der Waals surface area contributed by atoms with Gasteiger partial charge in [0.15, 0.2) is 0 Å². The van der Waals surface area contributed by atoms with Crippen LogP contribution in [0.25, 0.3) is 0 Å². The highest BCUT2D eigenvalue weighted by Crippen LogP contribution is 2.22. The van der Waals surface area contributed by atoms with Gasteiger partial charge in [-0.2, -0.15) is 0 Å². The van der Waals surface area contributed by atoms with Crippen molar-refractivity contribution in [2.75, 3.05) is 19.3 Å². The smallest absolute Gasteiger partial charge is 0.303 e. The van der Waals surface area contributed by atoms with Gasteiger partial charge in [0.25, 0.3) is 0 Å². The van der Waals surface area contributed by atoms with E-state index in [0.29, 0.717) is 19.5 Å². The van der Waals surface area contributed by atoms with Gasteiger partial charge in [-0.05, 0) is 12.3 Å². The number of hydrogen-bond donors (Lipinski definition) is 1. The molecule has 0 atom stereocenters. The van der Waals surface area contributed by atoms with Gasteiger partial charge in [0.05, 0.1) is 6.26 Å². The van der Waals surface area contributed by atoms with Crippen LogP contribution >= 0.6 is 0 Å². The Hall–Kier alpha value is -0.620. The highest BCUT2D eigenvalue weighted by atomic mass is 32.2. The van der Waals surface area contributed by atoms with Crippen LogP contribution in [0.1, 0.15) is 12.8 Å². The zero-order chi connectivity index (χ0) is 10.1. The molecule has 0 aromatic heterocycles. The van der Waals surface area contributed by atoms with Gasteiger partial charge in [0.1, 0.15) is 0 Å². The third-order valence-corrected chi connectivity index (χ3v) is 3.40. The first-order valence-electron chi connectivity index (χ1n) is 4.06. The zero-order valence-corrected chi connectivity index (χ0v) is 8.25. The van der Waals surface area contributed by atoms with Crippen molar-refractivity contribution in [3.63, 3.8) is 0 Å². The largest absolute Gasteiger partial charge is 0.481 e. The van der Waals surface area contributed by atoms with Gasteiger partial charge in [0.2, 0.25) is 10.0 Å².